The minimum atomic E-state index is 0.212. The fraction of sp³-hybridized carbons (Fsp3) is 0.545. The molecule has 1 aromatic rings. The van der Waals surface area contributed by atoms with Crippen molar-refractivity contribution >= 4 is 27.9 Å². The lowest BCUT2D eigenvalue weighted by Crippen LogP contribution is -2.16. The number of hydrogen-bond donors (Lipinski definition) is 1. The number of hydrogen-bond acceptors (Lipinski definition) is 4. The molecule has 1 rings (SSSR count). The minimum Gasteiger partial charge on any atom is -0.481 e. The fourth-order valence-electron chi connectivity index (χ4n) is 1.04. The maximum absolute atomic E-state index is 5.09. The molecule has 1 N–H and O–H groups in total. The maximum Gasteiger partial charge on any atom is 0.213 e. The van der Waals surface area contributed by atoms with Gasteiger partial charge >= 0.3 is 0 Å². The van der Waals surface area contributed by atoms with Gasteiger partial charge in [-0.05, 0) is 42.3 Å². The van der Waals surface area contributed by atoms with Crippen molar-refractivity contribution in [1.82, 2.24) is 9.71 Å². The van der Waals surface area contributed by atoms with E-state index in [1.54, 1.807) is 25.3 Å². The summed E-state index contributed by atoms with van der Waals surface area (Å²) in [6.45, 7) is 7.30. The second-order valence-corrected chi connectivity index (χ2v) is 6.93. The normalized spacial score (nSPS) is 11.6. The molecular weight excluding hydrogens is 288 g/mol. The van der Waals surface area contributed by atoms with Crippen molar-refractivity contribution in [2.75, 3.05) is 7.11 Å². The number of nitrogens with one attached hydrogen (secondary N) is 1. The molecule has 0 unspecified atom stereocenters. The molecule has 0 aromatic carbocycles. The molecule has 0 fully saturated rings. The molecule has 90 valence electrons. The van der Waals surface area contributed by atoms with Crippen molar-refractivity contribution in [3.8, 4) is 5.88 Å². The smallest absolute Gasteiger partial charge is 0.213 e. The van der Waals surface area contributed by atoms with Crippen LogP contribution in [-0.2, 0) is 6.54 Å². The van der Waals surface area contributed by atoms with Crippen LogP contribution in [0.25, 0.3) is 0 Å². The monoisotopic (exact) mass is 304 g/mol. The van der Waals surface area contributed by atoms with Crippen molar-refractivity contribution in [2.45, 2.75) is 32.1 Å². The van der Waals surface area contributed by atoms with Gasteiger partial charge in [0, 0.05) is 28.0 Å². The molecule has 1 aromatic heterocycles. The van der Waals surface area contributed by atoms with Gasteiger partial charge in [-0.1, -0.05) is 11.9 Å². The van der Waals surface area contributed by atoms with Gasteiger partial charge in [0.2, 0.25) is 5.88 Å². The van der Waals surface area contributed by atoms with Crippen molar-refractivity contribution in [1.29, 1.82) is 0 Å². The SMILES string of the molecule is COc1cc(CNSC(C)(C)C)c(Br)cn1. The van der Waals surface area contributed by atoms with Crippen molar-refractivity contribution in [2.24, 2.45) is 0 Å². The standard InChI is InChI=1S/C11H17BrN2OS/c1-11(2,3)16-14-6-8-5-10(15-4)13-7-9(8)12/h5,7,14H,6H2,1-4H3. The topological polar surface area (TPSA) is 34.1 Å². The van der Waals surface area contributed by atoms with Gasteiger partial charge in [0.15, 0.2) is 0 Å². The molecule has 0 amide bonds. The lowest BCUT2D eigenvalue weighted by atomic mass is 10.3. The fourth-order valence-corrected chi connectivity index (χ4v) is 2.05. The third-order valence-electron chi connectivity index (χ3n) is 1.76. The highest BCUT2D eigenvalue weighted by Gasteiger charge is 2.11. The number of methoxy groups -OCH3 is 1. The molecular formula is C11H17BrN2OS. The van der Waals surface area contributed by atoms with Gasteiger partial charge in [-0.15, -0.1) is 0 Å². The number of aromatic nitrogens is 1. The molecule has 0 saturated heterocycles. The highest BCUT2D eigenvalue weighted by molar-refractivity contribution is 9.10. The molecule has 0 aliphatic carbocycles. The van der Waals surface area contributed by atoms with Crippen LogP contribution < -0.4 is 9.46 Å². The van der Waals surface area contributed by atoms with Gasteiger partial charge in [-0.3, -0.25) is 4.72 Å². The Labute approximate surface area is 110 Å². The average molecular weight is 305 g/mol. The summed E-state index contributed by atoms with van der Waals surface area (Å²) in [7, 11) is 1.62. The zero-order valence-corrected chi connectivity index (χ0v) is 12.4. The van der Waals surface area contributed by atoms with E-state index >= 15 is 0 Å². The third-order valence-corrected chi connectivity index (χ3v) is 3.37. The Balaban J connectivity index is 2.59. The summed E-state index contributed by atoms with van der Waals surface area (Å²) in [6.07, 6.45) is 1.76. The van der Waals surface area contributed by atoms with Crippen molar-refractivity contribution in [3.63, 3.8) is 0 Å². The molecule has 5 heteroatoms. The van der Waals surface area contributed by atoms with Crippen LogP contribution in [0, 0.1) is 0 Å². The molecule has 0 spiro atoms. The van der Waals surface area contributed by atoms with E-state index in [0.717, 1.165) is 16.6 Å². The first-order chi connectivity index (χ1) is 7.42. The predicted octanol–water partition coefficient (Wildman–Crippen LogP) is 3.39. The van der Waals surface area contributed by atoms with E-state index in [9.17, 15) is 0 Å². The van der Waals surface area contributed by atoms with Crippen LogP contribution in [0.1, 0.15) is 26.3 Å². The summed E-state index contributed by atoms with van der Waals surface area (Å²) in [5, 5.41) is 0. The largest absolute Gasteiger partial charge is 0.481 e. The van der Waals surface area contributed by atoms with Gasteiger partial charge in [0.05, 0.1) is 7.11 Å². The van der Waals surface area contributed by atoms with Crippen LogP contribution in [0.4, 0.5) is 0 Å². The number of pyridine rings is 1. The first-order valence-corrected chi connectivity index (χ1v) is 6.62. The van der Waals surface area contributed by atoms with Crippen molar-refractivity contribution in [3.05, 3.63) is 22.3 Å². The first-order valence-electron chi connectivity index (χ1n) is 5.01. The quantitative estimate of drug-likeness (QED) is 0.865. The molecule has 16 heavy (non-hydrogen) atoms. The zero-order valence-electron chi connectivity index (χ0n) is 10.0. The Kier molecular flexibility index (Phi) is 5.08. The summed E-state index contributed by atoms with van der Waals surface area (Å²) in [4.78, 5) is 4.11. The zero-order chi connectivity index (χ0) is 12.2. The average Bonchev–Trinajstić information content (AvgIpc) is 2.19. The van der Waals surface area contributed by atoms with Gasteiger partial charge in [0.25, 0.3) is 0 Å². The Morgan fingerprint density at radius 2 is 2.19 bits per heavy atom. The molecule has 0 saturated carbocycles. The van der Waals surface area contributed by atoms with E-state index in [1.807, 2.05) is 6.07 Å². The highest BCUT2D eigenvalue weighted by Crippen LogP contribution is 2.23. The lowest BCUT2D eigenvalue weighted by Gasteiger charge is -2.18. The second-order valence-electron chi connectivity index (χ2n) is 4.35. The van der Waals surface area contributed by atoms with E-state index < -0.39 is 0 Å². The van der Waals surface area contributed by atoms with Gasteiger partial charge in [-0.25, -0.2) is 4.98 Å². The minimum absolute atomic E-state index is 0.212. The second kappa shape index (κ2) is 5.89. The maximum atomic E-state index is 5.09. The van der Waals surface area contributed by atoms with E-state index in [4.69, 9.17) is 4.74 Å². The summed E-state index contributed by atoms with van der Waals surface area (Å²) < 4.78 is 9.64. The molecule has 1 heterocycles. The number of halogens is 1. The van der Waals surface area contributed by atoms with E-state index in [-0.39, 0.29) is 4.75 Å². The molecule has 0 radical (unpaired) electrons. The molecule has 0 bridgehead atoms. The first kappa shape index (κ1) is 13.8. The molecule has 0 aliphatic heterocycles. The predicted molar refractivity (Wildman–Crippen MR) is 72.7 cm³/mol. The molecule has 0 atom stereocenters. The van der Waals surface area contributed by atoms with Crippen LogP contribution in [-0.4, -0.2) is 16.8 Å². The van der Waals surface area contributed by atoms with Crippen molar-refractivity contribution < 1.29 is 4.74 Å². The highest BCUT2D eigenvalue weighted by atomic mass is 79.9. The van der Waals surface area contributed by atoms with E-state index in [0.29, 0.717) is 5.88 Å². The summed E-state index contributed by atoms with van der Waals surface area (Å²) in [6, 6.07) is 1.93. The van der Waals surface area contributed by atoms with Gasteiger partial charge < -0.3 is 4.74 Å². The number of rotatable bonds is 4. The summed E-state index contributed by atoms with van der Waals surface area (Å²) in [5.74, 6) is 0.640. The summed E-state index contributed by atoms with van der Waals surface area (Å²) in [5.41, 5.74) is 1.14. The third kappa shape index (κ3) is 4.72. The van der Waals surface area contributed by atoms with Crippen LogP contribution in [0.3, 0.4) is 0 Å². The molecule has 3 nitrogen and oxygen atoms in total. The van der Waals surface area contributed by atoms with Crippen LogP contribution in [0.5, 0.6) is 5.88 Å². The van der Waals surface area contributed by atoms with Crippen LogP contribution >= 0.6 is 27.9 Å². The Bertz CT molecular complexity index is 352. The number of nitrogens with zero attached hydrogens (tertiary/aromatic N) is 1. The van der Waals surface area contributed by atoms with Crippen LogP contribution in [0.15, 0.2) is 16.7 Å². The van der Waals surface area contributed by atoms with Gasteiger partial charge in [-0.2, -0.15) is 0 Å². The van der Waals surface area contributed by atoms with E-state index in [2.05, 4.69) is 46.4 Å². The molecule has 0 aliphatic rings. The summed E-state index contributed by atoms with van der Waals surface area (Å²) >= 11 is 5.19. The lowest BCUT2D eigenvalue weighted by molar-refractivity contribution is 0.397. The Morgan fingerprint density at radius 3 is 2.75 bits per heavy atom. The van der Waals surface area contributed by atoms with Gasteiger partial charge in [0.1, 0.15) is 0 Å². The van der Waals surface area contributed by atoms with Crippen LogP contribution in [0.2, 0.25) is 0 Å². The number of ether oxygens (including phenoxy) is 1. The van der Waals surface area contributed by atoms with E-state index in [1.165, 1.54) is 0 Å². The Hall–Kier alpha value is -0.260. The Morgan fingerprint density at radius 1 is 1.50 bits per heavy atom.